The topological polar surface area (TPSA) is 110 Å². The molecule has 0 atom stereocenters. The number of ether oxygens (including phenoxy) is 2. The predicted molar refractivity (Wildman–Crippen MR) is 125 cm³/mol. The van der Waals surface area contributed by atoms with E-state index in [1.54, 1.807) is 30.3 Å². The van der Waals surface area contributed by atoms with Crippen LogP contribution in [0.25, 0.3) is 6.08 Å². The highest BCUT2D eigenvalue weighted by atomic mass is 32.2. The molecule has 2 aromatic carbocycles. The van der Waals surface area contributed by atoms with Crippen LogP contribution in [0.4, 0.5) is 5.69 Å². The molecule has 0 saturated carbocycles. The smallest absolute Gasteiger partial charge is 0.371 e. The minimum Gasteiger partial charge on any atom is -0.490 e. The molecule has 8 nitrogen and oxygen atoms in total. The summed E-state index contributed by atoms with van der Waals surface area (Å²) in [5.74, 6) is -0.159. The lowest BCUT2D eigenvalue weighted by Gasteiger charge is -2.12. The Morgan fingerprint density at radius 2 is 1.94 bits per heavy atom. The van der Waals surface area contributed by atoms with Crippen molar-refractivity contribution in [1.82, 2.24) is 5.32 Å². The van der Waals surface area contributed by atoms with Gasteiger partial charge in [0.05, 0.1) is 17.2 Å². The molecule has 0 bridgehead atoms. The molecule has 0 radical (unpaired) electrons. The van der Waals surface area contributed by atoms with Gasteiger partial charge in [0.25, 0.3) is 5.91 Å². The zero-order valence-electron chi connectivity index (χ0n) is 17.6. The summed E-state index contributed by atoms with van der Waals surface area (Å²) in [6.07, 6.45) is 1.76. The fourth-order valence-electron chi connectivity index (χ4n) is 2.97. The zero-order chi connectivity index (χ0) is 23.2. The number of carboxylic acid groups (broad SMARTS) is 1. The Kier molecular flexibility index (Phi) is 6.80. The molecule has 3 aromatic rings. The lowest BCUT2D eigenvalue weighted by Crippen LogP contribution is -2.19. The van der Waals surface area contributed by atoms with Crippen LogP contribution in [0.3, 0.4) is 0 Å². The number of nitrogens with one attached hydrogen (secondary N) is 1. The van der Waals surface area contributed by atoms with E-state index >= 15 is 0 Å². The van der Waals surface area contributed by atoms with Crippen LogP contribution < -0.4 is 14.8 Å². The molecule has 2 N–H and O–H groups in total. The van der Waals surface area contributed by atoms with Gasteiger partial charge < -0.3 is 24.3 Å². The SMILES string of the molecule is CCOc1cc(C=C2SC(=Nc3ccccc3)NC2=O)ccc1OCc1ccc(C(=O)O)o1. The van der Waals surface area contributed by atoms with Gasteiger partial charge in [-0.2, -0.15) is 0 Å². The van der Waals surface area contributed by atoms with E-state index in [1.807, 2.05) is 37.3 Å². The fourth-order valence-corrected chi connectivity index (χ4v) is 3.81. The number of amidine groups is 1. The van der Waals surface area contributed by atoms with Gasteiger partial charge in [0.2, 0.25) is 5.76 Å². The maximum Gasteiger partial charge on any atom is 0.371 e. The van der Waals surface area contributed by atoms with Crippen LogP contribution in [0.5, 0.6) is 11.5 Å². The van der Waals surface area contributed by atoms with Crippen molar-refractivity contribution in [3.05, 3.63) is 82.7 Å². The minimum atomic E-state index is -1.14. The van der Waals surface area contributed by atoms with Gasteiger partial charge in [-0.25, -0.2) is 9.79 Å². The Labute approximate surface area is 193 Å². The summed E-state index contributed by atoms with van der Waals surface area (Å²) in [6, 6.07) is 17.6. The first-order chi connectivity index (χ1) is 16.0. The third-order valence-corrected chi connectivity index (χ3v) is 5.36. The molecule has 33 heavy (non-hydrogen) atoms. The van der Waals surface area contributed by atoms with Gasteiger partial charge in [0, 0.05) is 0 Å². The van der Waals surface area contributed by atoms with Crippen LogP contribution in [-0.4, -0.2) is 28.8 Å². The highest BCUT2D eigenvalue weighted by Gasteiger charge is 2.24. The summed E-state index contributed by atoms with van der Waals surface area (Å²) in [7, 11) is 0. The Balaban J connectivity index is 1.49. The number of thioether (sulfide) groups is 1. The van der Waals surface area contributed by atoms with Gasteiger partial charge in [-0.3, -0.25) is 4.79 Å². The van der Waals surface area contributed by atoms with Crippen molar-refractivity contribution >= 4 is 40.6 Å². The molecule has 0 spiro atoms. The van der Waals surface area contributed by atoms with Crippen LogP contribution in [0.15, 0.2) is 75.0 Å². The minimum absolute atomic E-state index is 0.0470. The van der Waals surface area contributed by atoms with Crippen molar-refractivity contribution < 1.29 is 28.6 Å². The molecule has 1 saturated heterocycles. The zero-order valence-corrected chi connectivity index (χ0v) is 18.4. The van der Waals surface area contributed by atoms with Gasteiger partial charge in [0.1, 0.15) is 12.4 Å². The van der Waals surface area contributed by atoms with E-state index in [0.717, 1.165) is 11.3 Å². The number of aromatic carboxylic acids is 1. The first-order valence-corrected chi connectivity index (χ1v) is 10.9. The number of furan rings is 1. The second kappa shape index (κ2) is 10.1. The Hall–Kier alpha value is -3.98. The predicted octanol–water partition coefficient (Wildman–Crippen LogP) is 4.85. The molecule has 0 aliphatic carbocycles. The highest BCUT2D eigenvalue weighted by Crippen LogP contribution is 2.33. The summed E-state index contributed by atoms with van der Waals surface area (Å²) in [6.45, 7) is 2.32. The number of hydrogen-bond acceptors (Lipinski definition) is 7. The molecule has 2 heterocycles. The van der Waals surface area contributed by atoms with Crippen LogP contribution >= 0.6 is 11.8 Å². The number of carbonyl (C=O) groups excluding carboxylic acids is 1. The van der Waals surface area contributed by atoms with Gasteiger partial charge in [0.15, 0.2) is 16.7 Å². The number of amides is 1. The molecule has 168 valence electrons. The fraction of sp³-hybridized carbons (Fsp3) is 0.125. The number of benzene rings is 2. The van der Waals surface area contributed by atoms with E-state index in [-0.39, 0.29) is 18.3 Å². The van der Waals surface area contributed by atoms with E-state index < -0.39 is 5.97 Å². The summed E-state index contributed by atoms with van der Waals surface area (Å²) < 4.78 is 16.7. The standard InChI is InChI=1S/C24H20N2O6S/c1-2-30-20-12-15(8-10-18(20)31-14-17-9-11-19(32-17)23(28)29)13-21-22(27)26-24(33-21)25-16-6-4-3-5-7-16/h3-13H,2,14H2,1H3,(H,28,29)(H,25,26,27). The lowest BCUT2D eigenvalue weighted by atomic mass is 10.2. The summed E-state index contributed by atoms with van der Waals surface area (Å²) >= 11 is 1.26. The van der Waals surface area contributed by atoms with E-state index in [1.165, 1.54) is 17.8 Å². The maximum atomic E-state index is 12.4. The summed E-state index contributed by atoms with van der Waals surface area (Å²) in [5.41, 5.74) is 1.52. The van der Waals surface area contributed by atoms with Crippen molar-refractivity contribution in [2.24, 2.45) is 4.99 Å². The third kappa shape index (κ3) is 5.64. The van der Waals surface area contributed by atoms with Crippen molar-refractivity contribution in [3.63, 3.8) is 0 Å². The normalized spacial score (nSPS) is 15.6. The van der Waals surface area contributed by atoms with Crippen LogP contribution in [0.1, 0.15) is 28.8 Å². The lowest BCUT2D eigenvalue weighted by molar-refractivity contribution is -0.115. The quantitative estimate of drug-likeness (QED) is 0.459. The first-order valence-electron chi connectivity index (χ1n) is 10.1. The van der Waals surface area contributed by atoms with Crippen LogP contribution in [-0.2, 0) is 11.4 Å². The number of carbonyl (C=O) groups is 2. The van der Waals surface area contributed by atoms with Crippen LogP contribution in [0, 0.1) is 0 Å². The van der Waals surface area contributed by atoms with Crippen molar-refractivity contribution in [2.75, 3.05) is 6.61 Å². The van der Waals surface area contributed by atoms with Gasteiger partial charge in [-0.05, 0) is 66.7 Å². The molecular weight excluding hydrogens is 444 g/mol. The number of rotatable bonds is 8. The number of para-hydroxylation sites is 1. The van der Waals surface area contributed by atoms with Crippen LogP contribution in [0.2, 0.25) is 0 Å². The van der Waals surface area contributed by atoms with Crippen molar-refractivity contribution in [2.45, 2.75) is 13.5 Å². The monoisotopic (exact) mass is 464 g/mol. The molecule has 1 aliphatic rings. The summed E-state index contributed by atoms with van der Waals surface area (Å²) in [5, 5.41) is 12.2. The molecule has 4 rings (SSSR count). The number of carboxylic acids is 1. The second-order valence-electron chi connectivity index (χ2n) is 6.82. The summed E-state index contributed by atoms with van der Waals surface area (Å²) in [4.78, 5) is 28.3. The molecule has 9 heteroatoms. The van der Waals surface area contributed by atoms with Crippen molar-refractivity contribution in [3.8, 4) is 11.5 Å². The van der Waals surface area contributed by atoms with Gasteiger partial charge >= 0.3 is 5.97 Å². The molecular formula is C24H20N2O6S. The molecule has 0 unspecified atom stereocenters. The maximum absolute atomic E-state index is 12.4. The van der Waals surface area contributed by atoms with E-state index in [2.05, 4.69) is 10.3 Å². The highest BCUT2D eigenvalue weighted by molar-refractivity contribution is 8.18. The molecule has 1 fully saturated rings. The number of aliphatic imine (C=N–C) groups is 1. The van der Waals surface area contributed by atoms with Crippen molar-refractivity contribution in [1.29, 1.82) is 0 Å². The van der Waals surface area contributed by atoms with Gasteiger partial charge in [-0.15, -0.1) is 0 Å². The van der Waals surface area contributed by atoms with E-state index in [4.69, 9.17) is 19.0 Å². The Bertz CT molecular complexity index is 1230. The average Bonchev–Trinajstić information content (AvgIpc) is 3.41. The first kappa shape index (κ1) is 22.2. The Morgan fingerprint density at radius 1 is 1.12 bits per heavy atom. The number of nitrogens with zero attached hydrogens (tertiary/aromatic N) is 1. The largest absolute Gasteiger partial charge is 0.490 e. The van der Waals surface area contributed by atoms with E-state index in [0.29, 0.717) is 33.9 Å². The second-order valence-corrected chi connectivity index (χ2v) is 7.85. The third-order valence-electron chi connectivity index (χ3n) is 4.45. The average molecular weight is 464 g/mol. The number of hydrogen-bond donors (Lipinski definition) is 2. The van der Waals surface area contributed by atoms with Gasteiger partial charge in [-0.1, -0.05) is 24.3 Å². The molecule has 1 aliphatic heterocycles. The molecule has 1 amide bonds. The molecule has 1 aromatic heterocycles. The van der Waals surface area contributed by atoms with E-state index in [9.17, 15) is 9.59 Å². The Morgan fingerprint density at radius 3 is 2.67 bits per heavy atom.